The van der Waals surface area contributed by atoms with Crippen LogP contribution in [0, 0.1) is 0 Å². The highest BCUT2D eigenvalue weighted by atomic mass is 32.2. The fourth-order valence-electron chi connectivity index (χ4n) is 4.29. The van der Waals surface area contributed by atoms with Crippen molar-refractivity contribution in [2.75, 3.05) is 26.3 Å². The molecule has 1 N–H and O–H groups in total. The van der Waals surface area contributed by atoms with Crippen molar-refractivity contribution in [3.05, 3.63) is 54.2 Å². The number of hydrogen-bond donors (Lipinski definition) is 1. The average molecular weight is 499 g/mol. The number of rotatable bonds is 7. The summed E-state index contributed by atoms with van der Waals surface area (Å²) in [5.74, 6) is 0.0211. The van der Waals surface area contributed by atoms with E-state index in [-0.39, 0.29) is 15.9 Å². The number of H-pyrrole nitrogens is 1. The number of thioether (sulfide) groups is 1. The molecule has 0 radical (unpaired) electrons. The van der Waals surface area contributed by atoms with Crippen molar-refractivity contribution < 1.29 is 17.9 Å². The predicted molar refractivity (Wildman–Crippen MR) is 133 cm³/mol. The molecule has 2 aromatic carbocycles. The van der Waals surface area contributed by atoms with Crippen LogP contribution in [-0.2, 0) is 21.3 Å². The fraction of sp³-hybridized carbons (Fsp3) is 0.333. The molecule has 10 heteroatoms. The molecule has 1 saturated heterocycles. The van der Waals surface area contributed by atoms with Gasteiger partial charge in [0.25, 0.3) is 0 Å². The lowest BCUT2D eigenvalue weighted by molar-refractivity contribution is 0.0730. The second-order valence-electron chi connectivity index (χ2n) is 8.18. The fourth-order valence-corrected chi connectivity index (χ4v) is 6.77. The Morgan fingerprint density at radius 3 is 2.74 bits per heavy atom. The first-order valence-corrected chi connectivity index (χ1v) is 13.6. The van der Waals surface area contributed by atoms with Gasteiger partial charge in [-0.05, 0) is 38.1 Å². The first-order chi connectivity index (χ1) is 16.4. The van der Waals surface area contributed by atoms with E-state index in [9.17, 15) is 13.2 Å². The quantitative estimate of drug-likeness (QED) is 0.306. The maximum absolute atomic E-state index is 13.2. The molecule has 0 saturated carbocycles. The second kappa shape index (κ2) is 9.18. The van der Waals surface area contributed by atoms with Crippen molar-refractivity contribution in [3.8, 4) is 0 Å². The summed E-state index contributed by atoms with van der Waals surface area (Å²) in [5, 5.41) is 1.24. The van der Waals surface area contributed by atoms with E-state index >= 15 is 0 Å². The van der Waals surface area contributed by atoms with Gasteiger partial charge < -0.3 is 14.3 Å². The summed E-state index contributed by atoms with van der Waals surface area (Å²) in [6.07, 6.45) is 1.76. The summed E-state index contributed by atoms with van der Waals surface area (Å²) >= 11 is 1.39. The zero-order valence-corrected chi connectivity index (χ0v) is 20.7. The van der Waals surface area contributed by atoms with E-state index in [4.69, 9.17) is 9.72 Å². The molecule has 1 aliphatic heterocycles. The number of ketones is 1. The normalized spacial score (nSPS) is 16.3. The Hall–Kier alpha value is -2.66. The topological polar surface area (TPSA) is 97.3 Å². The third-order valence-corrected chi connectivity index (χ3v) is 9.10. The lowest BCUT2D eigenvalue weighted by Gasteiger charge is -2.26. The number of aryl methyl sites for hydroxylation is 1. The minimum absolute atomic E-state index is 0.0211. The van der Waals surface area contributed by atoms with Crippen LogP contribution in [0.1, 0.15) is 24.2 Å². The van der Waals surface area contributed by atoms with Crippen molar-refractivity contribution in [1.82, 2.24) is 18.8 Å². The molecule has 1 aliphatic rings. The summed E-state index contributed by atoms with van der Waals surface area (Å²) in [5.41, 5.74) is 3.04. The standard InChI is InChI=1S/C24H26N4O4S2/c1-3-28-22-9-8-17(34(30,31)27-10-12-32-13-11-27)14-21(22)26-24(28)33-16(2)23(29)19-15-25-20-7-5-4-6-18(19)20/h4-9,14-16,25H,3,10-13H2,1-2H3/t16-/m1/s1. The number of Topliss-reactive ketones (excluding diaryl/α,β-unsaturated/α-hetero) is 1. The molecule has 1 fully saturated rings. The third kappa shape index (κ3) is 4.04. The van der Waals surface area contributed by atoms with Crippen molar-refractivity contribution >= 4 is 49.5 Å². The van der Waals surface area contributed by atoms with E-state index < -0.39 is 10.0 Å². The van der Waals surface area contributed by atoms with Gasteiger partial charge in [0, 0.05) is 42.3 Å². The molecule has 0 unspecified atom stereocenters. The molecule has 0 bridgehead atoms. The van der Waals surface area contributed by atoms with Crippen LogP contribution in [0.3, 0.4) is 0 Å². The molecule has 2 aromatic heterocycles. The largest absolute Gasteiger partial charge is 0.379 e. The molecule has 8 nitrogen and oxygen atoms in total. The Morgan fingerprint density at radius 2 is 1.97 bits per heavy atom. The lowest BCUT2D eigenvalue weighted by atomic mass is 10.1. The van der Waals surface area contributed by atoms with Gasteiger partial charge in [-0.25, -0.2) is 13.4 Å². The number of benzene rings is 2. The number of carbonyl (C=O) groups is 1. The summed E-state index contributed by atoms with van der Waals surface area (Å²) in [4.78, 5) is 21.3. The second-order valence-corrected chi connectivity index (χ2v) is 11.4. The molecular formula is C24H26N4O4S2. The highest BCUT2D eigenvalue weighted by molar-refractivity contribution is 8.00. The summed E-state index contributed by atoms with van der Waals surface area (Å²) in [6.45, 7) is 6.03. The number of aromatic amines is 1. The van der Waals surface area contributed by atoms with Gasteiger partial charge in [-0.1, -0.05) is 30.0 Å². The molecule has 0 amide bonds. The van der Waals surface area contributed by atoms with Gasteiger partial charge in [-0.2, -0.15) is 4.31 Å². The first kappa shape index (κ1) is 23.1. The maximum atomic E-state index is 13.2. The summed E-state index contributed by atoms with van der Waals surface area (Å²) in [6, 6.07) is 12.8. The highest BCUT2D eigenvalue weighted by Crippen LogP contribution is 2.32. The zero-order chi connectivity index (χ0) is 23.9. The van der Waals surface area contributed by atoms with Gasteiger partial charge in [0.1, 0.15) is 0 Å². The molecule has 1 atom stereocenters. The average Bonchev–Trinajstić information content (AvgIpc) is 3.44. The van der Waals surface area contributed by atoms with E-state index in [0.29, 0.717) is 49.1 Å². The Morgan fingerprint density at radius 1 is 1.21 bits per heavy atom. The van der Waals surface area contributed by atoms with E-state index in [2.05, 4.69) is 4.98 Å². The van der Waals surface area contributed by atoms with Crippen LogP contribution in [0.25, 0.3) is 21.9 Å². The Balaban J connectivity index is 1.44. The molecule has 34 heavy (non-hydrogen) atoms. The van der Waals surface area contributed by atoms with E-state index in [1.807, 2.05) is 42.7 Å². The molecule has 5 rings (SSSR count). The minimum atomic E-state index is -3.61. The smallest absolute Gasteiger partial charge is 0.243 e. The monoisotopic (exact) mass is 498 g/mol. The van der Waals surface area contributed by atoms with E-state index in [1.165, 1.54) is 16.1 Å². The number of para-hydroxylation sites is 1. The molecule has 3 heterocycles. The van der Waals surface area contributed by atoms with Gasteiger partial charge in [0.15, 0.2) is 10.9 Å². The zero-order valence-electron chi connectivity index (χ0n) is 19.0. The number of nitrogens with one attached hydrogen (secondary N) is 1. The van der Waals surface area contributed by atoms with Crippen molar-refractivity contribution in [1.29, 1.82) is 0 Å². The van der Waals surface area contributed by atoms with Gasteiger partial charge in [-0.3, -0.25) is 4.79 Å². The van der Waals surface area contributed by atoms with Crippen LogP contribution in [0.2, 0.25) is 0 Å². The SMILES string of the molecule is CCn1c(S[C@H](C)C(=O)c2c[nH]c3ccccc23)nc2cc(S(=O)(=O)N3CCOCC3)ccc21. The molecule has 0 spiro atoms. The van der Waals surface area contributed by atoms with Gasteiger partial charge in [-0.15, -0.1) is 0 Å². The van der Waals surface area contributed by atoms with Crippen molar-refractivity contribution in [3.63, 3.8) is 0 Å². The lowest BCUT2D eigenvalue weighted by Crippen LogP contribution is -2.40. The number of ether oxygens (including phenoxy) is 1. The number of sulfonamides is 1. The van der Waals surface area contributed by atoms with Crippen LogP contribution in [0.4, 0.5) is 0 Å². The number of morpholine rings is 1. The number of fused-ring (bicyclic) bond motifs is 2. The van der Waals surface area contributed by atoms with Gasteiger partial charge in [0.05, 0.1) is 34.4 Å². The molecule has 178 valence electrons. The third-order valence-electron chi connectivity index (χ3n) is 6.11. The van der Waals surface area contributed by atoms with Gasteiger partial charge >= 0.3 is 0 Å². The van der Waals surface area contributed by atoms with Crippen molar-refractivity contribution in [2.45, 2.75) is 35.7 Å². The Labute approximate surface area is 202 Å². The minimum Gasteiger partial charge on any atom is -0.379 e. The number of nitrogens with zero attached hydrogens (tertiary/aromatic N) is 3. The summed E-state index contributed by atoms with van der Waals surface area (Å²) in [7, 11) is -3.61. The first-order valence-electron chi connectivity index (χ1n) is 11.3. The predicted octanol–water partition coefficient (Wildman–Crippen LogP) is 3.92. The van der Waals surface area contributed by atoms with Crippen LogP contribution in [0.15, 0.2) is 58.7 Å². The maximum Gasteiger partial charge on any atom is 0.243 e. The van der Waals surface area contributed by atoms with Crippen LogP contribution in [0.5, 0.6) is 0 Å². The van der Waals surface area contributed by atoms with Crippen LogP contribution >= 0.6 is 11.8 Å². The Bertz CT molecular complexity index is 1470. The van der Waals surface area contributed by atoms with Crippen LogP contribution < -0.4 is 0 Å². The van der Waals surface area contributed by atoms with Crippen LogP contribution in [-0.4, -0.2) is 64.6 Å². The van der Waals surface area contributed by atoms with Crippen molar-refractivity contribution in [2.24, 2.45) is 0 Å². The molecular weight excluding hydrogens is 472 g/mol. The Kier molecular flexibility index (Phi) is 6.24. The van der Waals surface area contributed by atoms with Gasteiger partial charge in [0.2, 0.25) is 10.0 Å². The number of imidazole rings is 1. The number of hydrogen-bond acceptors (Lipinski definition) is 6. The van der Waals surface area contributed by atoms with E-state index in [1.54, 1.807) is 24.4 Å². The summed E-state index contributed by atoms with van der Waals surface area (Å²) < 4.78 is 34.9. The highest BCUT2D eigenvalue weighted by Gasteiger charge is 2.28. The number of aromatic nitrogens is 3. The number of carbonyl (C=O) groups excluding carboxylic acids is 1. The van der Waals surface area contributed by atoms with E-state index in [0.717, 1.165) is 16.4 Å². The molecule has 4 aromatic rings. The molecule has 0 aliphatic carbocycles.